The quantitative estimate of drug-likeness (QED) is 0.589. The summed E-state index contributed by atoms with van der Waals surface area (Å²) in [6.07, 6.45) is 0. The van der Waals surface area contributed by atoms with Gasteiger partial charge < -0.3 is 14.4 Å². The summed E-state index contributed by atoms with van der Waals surface area (Å²) in [5.74, 6) is 1.54. The lowest BCUT2D eigenvalue weighted by Crippen LogP contribution is -2.28. The van der Waals surface area contributed by atoms with Crippen molar-refractivity contribution in [3.8, 4) is 22.8 Å². The SMILES string of the molecule is CCN(CC)CCOc1nc2ccc(Cl)cc2c2c1COc1ccccc1-2. The molecule has 1 aliphatic rings. The molecule has 0 unspecified atom stereocenters. The van der Waals surface area contributed by atoms with E-state index in [1.54, 1.807) is 0 Å². The van der Waals surface area contributed by atoms with Gasteiger partial charge in [0.2, 0.25) is 5.88 Å². The first-order chi connectivity index (χ1) is 13.2. The highest BCUT2D eigenvalue weighted by atomic mass is 35.5. The van der Waals surface area contributed by atoms with Crippen LogP contribution in [-0.2, 0) is 6.61 Å². The van der Waals surface area contributed by atoms with Crippen LogP contribution in [0.3, 0.4) is 0 Å². The van der Waals surface area contributed by atoms with Crippen LogP contribution >= 0.6 is 11.6 Å². The molecule has 5 heteroatoms. The average Bonchev–Trinajstić information content (AvgIpc) is 2.71. The van der Waals surface area contributed by atoms with Gasteiger partial charge in [0, 0.05) is 28.1 Å². The molecule has 0 bridgehead atoms. The highest BCUT2D eigenvalue weighted by Gasteiger charge is 2.24. The fraction of sp³-hybridized carbons (Fsp3) is 0.318. The molecule has 0 atom stereocenters. The first-order valence-corrected chi connectivity index (χ1v) is 9.78. The molecule has 4 nitrogen and oxygen atoms in total. The number of para-hydroxylation sites is 1. The standard InChI is InChI=1S/C22H23ClN2O2/c1-3-25(4-2)11-12-26-22-18-14-27-20-8-6-5-7-16(20)21(18)17-13-15(23)9-10-19(17)24-22/h5-10,13H,3-4,11-12,14H2,1-2H3. The molecular formula is C22H23ClN2O2. The lowest BCUT2D eigenvalue weighted by atomic mass is 9.94. The Balaban J connectivity index is 1.79. The lowest BCUT2D eigenvalue weighted by Gasteiger charge is -2.25. The fourth-order valence-electron chi connectivity index (χ4n) is 3.57. The zero-order valence-corrected chi connectivity index (χ0v) is 16.4. The van der Waals surface area contributed by atoms with Crippen molar-refractivity contribution in [3.63, 3.8) is 0 Å². The molecule has 3 aromatic rings. The van der Waals surface area contributed by atoms with E-state index in [4.69, 9.17) is 26.1 Å². The van der Waals surface area contributed by atoms with Crippen molar-refractivity contribution in [1.29, 1.82) is 0 Å². The largest absolute Gasteiger partial charge is 0.488 e. The highest BCUT2D eigenvalue weighted by molar-refractivity contribution is 6.31. The number of benzene rings is 2. The molecule has 4 rings (SSSR count). The molecule has 27 heavy (non-hydrogen) atoms. The minimum Gasteiger partial charge on any atom is -0.488 e. The number of nitrogens with zero attached hydrogens (tertiary/aromatic N) is 2. The van der Waals surface area contributed by atoms with E-state index in [2.05, 4.69) is 24.8 Å². The van der Waals surface area contributed by atoms with Crippen molar-refractivity contribution < 1.29 is 9.47 Å². The van der Waals surface area contributed by atoms with Crippen molar-refractivity contribution in [3.05, 3.63) is 53.1 Å². The van der Waals surface area contributed by atoms with Crippen LogP contribution in [0, 0.1) is 0 Å². The predicted octanol–water partition coefficient (Wildman–Crippen LogP) is 5.17. The minimum absolute atomic E-state index is 0.447. The zero-order chi connectivity index (χ0) is 18.8. The summed E-state index contributed by atoms with van der Waals surface area (Å²) in [7, 11) is 0. The molecule has 1 aromatic heterocycles. The number of hydrogen-bond donors (Lipinski definition) is 0. The summed E-state index contributed by atoms with van der Waals surface area (Å²) in [5.41, 5.74) is 4.04. The van der Waals surface area contributed by atoms with Crippen LogP contribution in [0.25, 0.3) is 22.0 Å². The summed E-state index contributed by atoms with van der Waals surface area (Å²) >= 11 is 6.28. The molecule has 2 aromatic carbocycles. The number of hydrogen-bond acceptors (Lipinski definition) is 4. The molecule has 0 saturated heterocycles. The topological polar surface area (TPSA) is 34.6 Å². The second-order valence-electron chi connectivity index (χ2n) is 6.59. The van der Waals surface area contributed by atoms with Crippen LogP contribution in [-0.4, -0.2) is 36.1 Å². The molecule has 0 fully saturated rings. The van der Waals surface area contributed by atoms with Crippen LogP contribution in [0.4, 0.5) is 0 Å². The van der Waals surface area contributed by atoms with Gasteiger partial charge in [0.1, 0.15) is 19.0 Å². The van der Waals surface area contributed by atoms with E-state index < -0.39 is 0 Å². The van der Waals surface area contributed by atoms with Gasteiger partial charge in [-0.15, -0.1) is 0 Å². The van der Waals surface area contributed by atoms with Gasteiger partial charge in [-0.3, -0.25) is 0 Å². The number of fused-ring (bicyclic) bond motifs is 5. The van der Waals surface area contributed by atoms with Gasteiger partial charge in [0.15, 0.2) is 0 Å². The van der Waals surface area contributed by atoms with Crippen LogP contribution in [0.1, 0.15) is 19.4 Å². The van der Waals surface area contributed by atoms with Crippen LogP contribution in [0.15, 0.2) is 42.5 Å². The Bertz CT molecular complexity index is 970. The van der Waals surface area contributed by atoms with Gasteiger partial charge in [0.25, 0.3) is 0 Å². The Morgan fingerprint density at radius 1 is 1.15 bits per heavy atom. The fourth-order valence-corrected chi connectivity index (χ4v) is 3.75. The van der Waals surface area contributed by atoms with Gasteiger partial charge in [-0.2, -0.15) is 0 Å². The summed E-state index contributed by atoms with van der Waals surface area (Å²) < 4.78 is 12.1. The van der Waals surface area contributed by atoms with E-state index in [0.29, 0.717) is 24.1 Å². The zero-order valence-electron chi connectivity index (χ0n) is 15.7. The number of rotatable bonds is 6. The molecule has 2 heterocycles. The highest BCUT2D eigenvalue weighted by Crippen LogP contribution is 2.44. The smallest absolute Gasteiger partial charge is 0.221 e. The van der Waals surface area contributed by atoms with Gasteiger partial charge in [-0.25, -0.2) is 4.98 Å². The minimum atomic E-state index is 0.447. The molecular weight excluding hydrogens is 360 g/mol. The maximum absolute atomic E-state index is 6.28. The lowest BCUT2D eigenvalue weighted by molar-refractivity contribution is 0.212. The molecule has 140 valence electrons. The van der Waals surface area contributed by atoms with Crippen molar-refractivity contribution in [2.75, 3.05) is 26.2 Å². The van der Waals surface area contributed by atoms with E-state index in [0.717, 1.165) is 53.0 Å². The first-order valence-electron chi connectivity index (χ1n) is 9.40. The molecule has 0 saturated carbocycles. The van der Waals surface area contributed by atoms with Crippen LogP contribution < -0.4 is 9.47 Å². The van der Waals surface area contributed by atoms with Gasteiger partial charge in [0.05, 0.1) is 11.1 Å². The number of pyridine rings is 1. The Hall–Kier alpha value is -2.30. The first kappa shape index (κ1) is 18.1. The van der Waals surface area contributed by atoms with Crippen LogP contribution in [0.2, 0.25) is 5.02 Å². The molecule has 0 N–H and O–H groups in total. The average molecular weight is 383 g/mol. The maximum Gasteiger partial charge on any atom is 0.221 e. The molecule has 1 aliphatic heterocycles. The van der Waals surface area contributed by atoms with E-state index in [1.165, 1.54) is 0 Å². The summed E-state index contributed by atoms with van der Waals surface area (Å²) in [5, 5.41) is 1.73. The van der Waals surface area contributed by atoms with E-state index >= 15 is 0 Å². The van der Waals surface area contributed by atoms with E-state index in [-0.39, 0.29) is 0 Å². The van der Waals surface area contributed by atoms with Crippen molar-refractivity contribution >= 4 is 22.5 Å². The second-order valence-corrected chi connectivity index (χ2v) is 7.03. The maximum atomic E-state index is 6.28. The van der Waals surface area contributed by atoms with Crippen LogP contribution in [0.5, 0.6) is 11.6 Å². The van der Waals surface area contributed by atoms with Crippen molar-refractivity contribution in [2.24, 2.45) is 0 Å². The van der Waals surface area contributed by atoms with Crippen molar-refractivity contribution in [1.82, 2.24) is 9.88 Å². The summed E-state index contributed by atoms with van der Waals surface area (Å²) in [6, 6.07) is 13.9. The molecule has 0 spiro atoms. The van der Waals surface area contributed by atoms with E-state index in [1.807, 2.05) is 36.4 Å². The summed E-state index contributed by atoms with van der Waals surface area (Å²) in [4.78, 5) is 7.10. The molecule has 0 amide bonds. The Morgan fingerprint density at radius 3 is 2.78 bits per heavy atom. The van der Waals surface area contributed by atoms with Gasteiger partial charge >= 0.3 is 0 Å². The Labute approximate surface area is 164 Å². The number of ether oxygens (including phenoxy) is 2. The monoisotopic (exact) mass is 382 g/mol. The van der Waals surface area contributed by atoms with Gasteiger partial charge in [-0.05, 0) is 37.4 Å². The predicted molar refractivity (Wildman–Crippen MR) is 110 cm³/mol. The van der Waals surface area contributed by atoms with Gasteiger partial charge in [-0.1, -0.05) is 43.6 Å². The third-order valence-electron chi connectivity index (χ3n) is 5.08. The summed E-state index contributed by atoms with van der Waals surface area (Å²) in [6.45, 7) is 8.27. The van der Waals surface area contributed by atoms with Crippen molar-refractivity contribution in [2.45, 2.75) is 20.5 Å². The molecule has 0 radical (unpaired) electrons. The second kappa shape index (κ2) is 7.75. The number of halogens is 1. The molecule has 0 aliphatic carbocycles. The third-order valence-corrected chi connectivity index (χ3v) is 5.31. The number of likely N-dealkylation sites (N-methyl/N-ethyl adjacent to an activating group) is 1. The Kier molecular flexibility index (Phi) is 5.19. The van der Waals surface area contributed by atoms with E-state index in [9.17, 15) is 0 Å². The third kappa shape index (κ3) is 3.47. The number of aromatic nitrogens is 1. The Morgan fingerprint density at radius 2 is 1.96 bits per heavy atom. The normalized spacial score (nSPS) is 12.6.